The van der Waals surface area contributed by atoms with E-state index in [1.807, 2.05) is 0 Å². The maximum atomic E-state index is 13.2. The van der Waals surface area contributed by atoms with E-state index in [-0.39, 0.29) is 11.3 Å². The number of halogens is 2. The van der Waals surface area contributed by atoms with E-state index in [1.165, 1.54) is 42.5 Å². The molecule has 1 heterocycles. The van der Waals surface area contributed by atoms with Crippen LogP contribution in [0.4, 0.5) is 10.1 Å². The first-order valence-electron chi connectivity index (χ1n) is 7.09. The molecular formula is C17H11ClFN3O3. The van der Waals surface area contributed by atoms with Gasteiger partial charge in [-0.2, -0.15) is 0 Å². The molecule has 8 heteroatoms. The number of H-pyrrole nitrogens is 1. The standard InChI is InChI=1S/C17H11ClFN3O3/c18-10-4-6-13(7-5-10)22-16(24)14(15(23)21-17(22)25)9-20-12-3-1-2-11(19)8-12/h1-9,24H,(H,21,23,25). The summed E-state index contributed by atoms with van der Waals surface area (Å²) in [5.74, 6) is -1.07. The molecule has 0 aliphatic heterocycles. The molecule has 0 aliphatic carbocycles. The number of aliphatic imine (C=N–C) groups is 1. The number of hydrogen-bond acceptors (Lipinski definition) is 4. The maximum absolute atomic E-state index is 13.2. The van der Waals surface area contributed by atoms with Gasteiger partial charge in [-0.1, -0.05) is 17.7 Å². The number of rotatable bonds is 3. The Bertz CT molecular complexity index is 1070. The smallest absolute Gasteiger partial charge is 0.335 e. The molecule has 2 aromatic carbocycles. The largest absolute Gasteiger partial charge is 0.493 e. The third-order valence-electron chi connectivity index (χ3n) is 3.36. The van der Waals surface area contributed by atoms with Crippen LogP contribution in [0.3, 0.4) is 0 Å². The third kappa shape index (κ3) is 3.51. The van der Waals surface area contributed by atoms with Gasteiger partial charge in [-0.05, 0) is 42.5 Å². The fourth-order valence-corrected chi connectivity index (χ4v) is 2.31. The number of nitrogens with zero attached hydrogens (tertiary/aromatic N) is 2. The quantitative estimate of drug-likeness (QED) is 0.705. The molecule has 0 unspecified atom stereocenters. The highest BCUT2D eigenvalue weighted by molar-refractivity contribution is 6.30. The zero-order valence-electron chi connectivity index (χ0n) is 12.6. The van der Waals surface area contributed by atoms with Crippen LogP contribution in [0.15, 0.2) is 63.1 Å². The van der Waals surface area contributed by atoms with Gasteiger partial charge in [-0.15, -0.1) is 0 Å². The van der Waals surface area contributed by atoms with Crippen LogP contribution < -0.4 is 11.2 Å². The third-order valence-corrected chi connectivity index (χ3v) is 3.61. The molecule has 3 aromatic rings. The molecular weight excluding hydrogens is 349 g/mol. The highest BCUT2D eigenvalue weighted by Gasteiger charge is 2.14. The molecule has 0 fully saturated rings. The predicted molar refractivity (Wildman–Crippen MR) is 93.0 cm³/mol. The van der Waals surface area contributed by atoms with Crippen LogP contribution in [0, 0.1) is 5.82 Å². The molecule has 1 aromatic heterocycles. The van der Waals surface area contributed by atoms with Crippen LogP contribution in [0.2, 0.25) is 5.02 Å². The van der Waals surface area contributed by atoms with Crippen LogP contribution in [0.5, 0.6) is 5.88 Å². The number of hydrogen-bond donors (Lipinski definition) is 2. The summed E-state index contributed by atoms with van der Waals surface area (Å²) in [7, 11) is 0. The molecule has 0 amide bonds. The van der Waals surface area contributed by atoms with Crippen LogP contribution in [0.1, 0.15) is 5.56 Å². The molecule has 0 radical (unpaired) electrons. The summed E-state index contributed by atoms with van der Waals surface area (Å²) < 4.78 is 14.1. The topological polar surface area (TPSA) is 87.5 Å². The van der Waals surface area contributed by atoms with Crippen molar-refractivity contribution < 1.29 is 9.50 Å². The number of aromatic amines is 1. The molecule has 0 saturated heterocycles. The van der Waals surface area contributed by atoms with Gasteiger partial charge in [0.25, 0.3) is 5.56 Å². The average Bonchev–Trinajstić information content (AvgIpc) is 2.56. The Hall–Kier alpha value is -3.19. The van der Waals surface area contributed by atoms with Crippen molar-refractivity contribution in [2.45, 2.75) is 0 Å². The Morgan fingerprint density at radius 3 is 2.56 bits per heavy atom. The minimum absolute atomic E-state index is 0.237. The average molecular weight is 360 g/mol. The van der Waals surface area contributed by atoms with E-state index >= 15 is 0 Å². The van der Waals surface area contributed by atoms with E-state index in [4.69, 9.17) is 11.6 Å². The lowest BCUT2D eigenvalue weighted by Crippen LogP contribution is -2.31. The van der Waals surface area contributed by atoms with Crippen LogP contribution in [0.25, 0.3) is 5.69 Å². The number of aromatic hydroxyl groups is 1. The van der Waals surface area contributed by atoms with Crippen molar-refractivity contribution in [2.24, 2.45) is 4.99 Å². The van der Waals surface area contributed by atoms with E-state index < -0.39 is 22.9 Å². The normalized spacial score (nSPS) is 11.1. The molecule has 6 nitrogen and oxygen atoms in total. The second-order valence-corrected chi connectivity index (χ2v) is 5.48. The Kier molecular flexibility index (Phi) is 4.49. The molecule has 2 N–H and O–H groups in total. The van der Waals surface area contributed by atoms with Gasteiger partial charge in [-0.25, -0.2) is 13.8 Å². The molecule has 3 rings (SSSR count). The first-order valence-corrected chi connectivity index (χ1v) is 7.47. The highest BCUT2D eigenvalue weighted by Crippen LogP contribution is 2.19. The first-order chi connectivity index (χ1) is 12.0. The van der Waals surface area contributed by atoms with Crippen molar-refractivity contribution >= 4 is 23.5 Å². The summed E-state index contributed by atoms with van der Waals surface area (Å²) in [4.78, 5) is 30.1. The summed E-state index contributed by atoms with van der Waals surface area (Å²) >= 11 is 5.81. The lowest BCUT2D eigenvalue weighted by Gasteiger charge is -2.09. The lowest BCUT2D eigenvalue weighted by molar-refractivity contribution is 0.430. The van der Waals surface area contributed by atoms with Crippen molar-refractivity contribution in [1.82, 2.24) is 9.55 Å². The molecule has 0 aliphatic rings. The second kappa shape index (κ2) is 6.74. The van der Waals surface area contributed by atoms with E-state index in [0.717, 1.165) is 16.8 Å². The minimum atomic E-state index is -0.812. The maximum Gasteiger partial charge on any atom is 0.335 e. The zero-order chi connectivity index (χ0) is 18.0. The Morgan fingerprint density at radius 2 is 1.88 bits per heavy atom. The van der Waals surface area contributed by atoms with E-state index in [1.54, 1.807) is 0 Å². The summed E-state index contributed by atoms with van der Waals surface area (Å²) in [5.41, 5.74) is -1.30. The molecule has 25 heavy (non-hydrogen) atoms. The molecule has 0 bridgehead atoms. The number of aromatic nitrogens is 2. The van der Waals surface area contributed by atoms with Gasteiger partial charge >= 0.3 is 5.69 Å². The number of benzene rings is 2. The van der Waals surface area contributed by atoms with Crippen molar-refractivity contribution in [3.05, 3.63) is 85.8 Å². The van der Waals surface area contributed by atoms with Gasteiger partial charge in [-0.3, -0.25) is 14.8 Å². The fourth-order valence-electron chi connectivity index (χ4n) is 2.18. The lowest BCUT2D eigenvalue weighted by atomic mass is 10.2. The summed E-state index contributed by atoms with van der Waals surface area (Å²) in [6, 6.07) is 11.5. The van der Waals surface area contributed by atoms with Crippen molar-refractivity contribution in [3.63, 3.8) is 0 Å². The number of nitrogens with one attached hydrogen (secondary N) is 1. The van der Waals surface area contributed by atoms with Crippen molar-refractivity contribution in [1.29, 1.82) is 0 Å². The van der Waals surface area contributed by atoms with Crippen molar-refractivity contribution in [3.8, 4) is 11.6 Å². The zero-order valence-corrected chi connectivity index (χ0v) is 13.4. The van der Waals surface area contributed by atoms with Crippen LogP contribution in [-0.4, -0.2) is 20.9 Å². The fraction of sp³-hybridized carbons (Fsp3) is 0. The molecule has 0 saturated carbocycles. The van der Waals surface area contributed by atoms with E-state index in [0.29, 0.717) is 10.7 Å². The van der Waals surface area contributed by atoms with Gasteiger partial charge in [0.1, 0.15) is 11.4 Å². The Morgan fingerprint density at radius 1 is 1.16 bits per heavy atom. The van der Waals surface area contributed by atoms with Gasteiger partial charge in [0.2, 0.25) is 5.88 Å². The summed E-state index contributed by atoms with van der Waals surface area (Å²) in [5, 5.41) is 10.8. The SMILES string of the molecule is O=c1[nH]c(=O)n(-c2ccc(Cl)cc2)c(O)c1C=Nc1cccc(F)c1. The van der Waals surface area contributed by atoms with Crippen LogP contribution >= 0.6 is 11.6 Å². The van der Waals surface area contributed by atoms with Crippen molar-refractivity contribution in [2.75, 3.05) is 0 Å². The second-order valence-electron chi connectivity index (χ2n) is 5.05. The van der Waals surface area contributed by atoms with E-state index in [2.05, 4.69) is 9.98 Å². The van der Waals surface area contributed by atoms with Crippen LogP contribution in [-0.2, 0) is 0 Å². The monoisotopic (exact) mass is 359 g/mol. The molecule has 0 atom stereocenters. The van der Waals surface area contributed by atoms with Gasteiger partial charge in [0.05, 0.1) is 11.4 Å². The predicted octanol–water partition coefficient (Wildman–Crippen LogP) is 2.77. The van der Waals surface area contributed by atoms with Gasteiger partial charge in [0.15, 0.2) is 0 Å². The highest BCUT2D eigenvalue weighted by atomic mass is 35.5. The van der Waals surface area contributed by atoms with E-state index in [9.17, 15) is 19.1 Å². The summed E-state index contributed by atoms with van der Waals surface area (Å²) in [6.45, 7) is 0. The summed E-state index contributed by atoms with van der Waals surface area (Å²) in [6.07, 6.45) is 1.06. The molecule has 0 spiro atoms. The Labute approximate surface area is 145 Å². The molecule has 126 valence electrons. The van der Waals surface area contributed by atoms with Gasteiger partial charge < -0.3 is 5.11 Å². The minimum Gasteiger partial charge on any atom is -0.493 e. The Balaban J connectivity index is 2.12. The van der Waals surface area contributed by atoms with Gasteiger partial charge in [0, 0.05) is 11.2 Å². The first kappa shape index (κ1) is 16.7.